The quantitative estimate of drug-likeness (QED) is 0.791. The summed E-state index contributed by atoms with van der Waals surface area (Å²) in [4.78, 5) is 22.7. The van der Waals surface area contributed by atoms with Gasteiger partial charge in [-0.05, 0) is 24.3 Å². The van der Waals surface area contributed by atoms with E-state index >= 15 is 0 Å². The third-order valence-electron chi connectivity index (χ3n) is 2.55. The fourth-order valence-corrected chi connectivity index (χ4v) is 2.48. The summed E-state index contributed by atoms with van der Waals surface area (Å²) in [6.07, 6.45) is 0. The molecule has 0 saturated heterocycles. The van der Waals surface area contributed by atoms with Crippen LogP contribution in [0.3, 0.4) is 0 Å². The minimum atomic E-state index is -0.917. The molecule has 2 aromatic rings. The summed E-state index contributed by atoms with van der Waals surface area (Å²) < 4.78 is 0. The molecular formula is C14H14N2O3S. The number of anilines is 2. The molecule has 3 N–H and O–H groups in total. The van der Waals surface area contributed by atoms with Crippen molar-refractivity contribution < 1.29 is 14.7 Å². The lowest BCUT2D eigenvalue weighted by Crippen LogP contribution is -2.06. The van der Waals surface area contributed by atoms with E-state index < -0.39 is 5.97 Å². The Morgan fingerprint density at radius 1 is 1.25 bits per heavy atom. The number of carboxylic acid groups (broad SMARTS) is 1. The van der Waals surface area contributed by atoms with Crippen LogP contribution in [0.1, 0.15) is 22.2 Å². The van der Waals surface area contributed by atoms with E-state index in [0.29, 0.717) is 12.1 Å². The van der Waals surface area contributed by atoms with Gasteiger partial charge in [0.15, 0.2) is 0 Å². The van der Waals surface area contributed by atoms with Crippen molar-refractivity contribution in [2.75, 3.05) is 10.6 Å². The van der Waals surface area contributed by atoms with Crippen molar-refractivity contribution in [2.45, 2.75) is 13.5 Å². The minimum Gasteiger partial charge on any atom is -0.478 e. The van der Waals surface area contributed by atoms with E-state index in [0.717, 1.165) is 16.3 Å². The second-order valence-corrected chi connectivity index (χ2v) is 5.22. The van der Waals surface area contributed by atoms with Gasteiger partial charge >= 0.3 is 5.97 Å². The first-order valence-corrected chi connectivity index (χ1v) is 6.85. The second-order valence-electron chi connectivity index (χ2n) is 4.22. The monoisotopic (exact) mass is 290 g/mol. The van der Waals surface area contributed by atoms with Gasteiger partial charge in [0.25, 0.3) is 0 Å². The molecule has 1 aromatic carbocycles. The molecule has 0 aliphatic rings. The molecule has 0 radical (unpaired) electrons. The molecule has 0 saturated carbocycles. The zero-order valence-electron chi connectivity index (χ0n) is 10.8. The number of amides is 1. The van der Waals surface area contributed by atoms with Gasteiger partial charge in [0.1, 0.15) is 0 Å². The molecule has 5 nitrogen and oxygen atoms in total. The Hall–Kier alpha value is -2.34. The van der Waals surface area contributed by atoms with Crippen LogP contribution >= 0.6 is 11.3 Å². The van der Waals surface area contributed by atoms with E-state index in [1.165, 1.54) is 18.3 Å². The number of rotatable bonds is 5. The number of thiophene rings is 1. The molecule has 0 fully saturated rings. The number of hydrogen-bond donors (Lipinski definition) is 3. The Labute approximate surface area is 120 Å². The largest absolute Gasteiger partial charge is 0.478 e. The fraction of sp³-hybridized carbons (Fsp3) is 0.143. The number of aromatic carboxylic acids is 1. The number of carboxylic acids is 1. The van der Waals surface area contributed by atoms with E-state index in [2.05, 4.69) is 10.6 Å². The normalized spacial score (nSPS) is 10.1. The lowest BCUT2D eigenvalue weighted by atomic mass is 10.2. The molecule has 0 aliphatic heterocycles. The number of hydrogen-bond acceptors (Lipinski definition) is 4. The van der Waals surface area contributed by atoms with Crippen LogP contribution in [-0.4, -0.2) is 17.0 Å². The van der Waals surface area contributed by atoms with Crippen LogP contribution in [0.4, 0.5) is 11.4 Å². The molecule has 1 amide bonds. The molecule has 0 bridgehead atoms. The predicted molar refractivity (Wildman–Crippen MR) is 79.4 cm³/mol. The summed E-state index contributed by atoms with van der Waals surface area (Å²) in [5, 5.41) is 16.4. The summed E-state index contributed by atoms with van der Waals surface area (Å²) in [6, 6.07) is 9.01. The van der Waals surface area contributed by atoms with Crippen LogP contribution in [0.2, 0.25) is 0 Å². The highest BCUT2D eigenvalue weighted by Crippen LogP contribution is 2.19. The van der Waals surface area contributed by atoms with Crippen LogP contribution in [0.5, 0.6) is 0 Å². The number of nitrogens with one attached hydrogen (secondary N) is 2. The van der Waals surface area contributed by atoms with Crippen LogP contribution < -0.4 is 10.6 Å². The van der Waals surface area contributed by atoms with E-state index in [1.807, 2.05) is 18.2 Å². The van der Waals surface area contributed by atoms with Gasteiger partial charge in [0.05, 0.1) is 5.56 Å². The van der Waals surface area contributed by atoms with E-state index in [4.69, 9.17) is 5.11 Å². The summed E-state index contributed by atoms with van der Waals surface area (Å²) in [5.74, 6) is -1.04. The minimum absolute atomic E-state index is 0.119. The zero-order chi connectivity index (χ0) is 14.5. The SMILES string of the molecule is CC(=O)Nc1cccc(NCc2cc(C(=O)O)cs2)c1. The standard InChI is InChI=1S/C14H14N2O3S/c1-9(17)16-12-4-2-3-11(6-12)15-7-13-5-10(8-20-13)14(18)19/h2-6,8,15H,7H2,1H3,(H,16,17)(H,18,19). The summed E-state index contributed by atoms with van der Waals surface area (Å²) in [6.45, 7) is 2.00. The van der Waals surface area contributed by atoms with Gasteiger partial charge in [-0.15, -0.1) is 11.3 Å². The molecule has 1 heterocycles. The van der Waals surface area contributed by atoms with Crippen molar-refractivity contribution in [1.29, 1.82) is 0 Å². The highest BCUT2D eigenvalue weighted by atomic mass is 32.1. The average molecular weight is 290 g/mol. The Morgan fingerprint density at radius 3 is 2.65 bits per heavy atom. The highest BCUT2D eigenvalue weighted by molar-refractivity contribution is 7.10. The Balaban J connectivity index is 1.99. The first kappa shape index (κ1) is 14.1. The zero-order valence-corrected chi connectivity index (χ0v) is 11.7. The molecular weight excluding hydrogens is 276 g/mol. The van der Waals surface area contributed by atoms with Crippen molar-refractivity contribution in [3.05, 3.63) is 46.2 Å². The average Bonchev–Trinajstić information content (AvgIpc) is 2.85. The topological polar surface area (TPSA) is 78.4 Å². The number of carbonyl (C=O) groups excluding carboxylic acids is 1. The molecule has 0 spiro atoms. The van der Waals surface area contributed by atoms with Gasteiger partial charge in [-0.2, -0.15) is 0 Å². The van der Waals surface area contributed by atoms with Crippen molar-refractivity contribution in [1.82, 2.24) is 0 Å². The Morgan fingerprint density at radius 2 is 2.00 bits per heavy atom. The third kappa shape index (κ3) is 3.83. The molecule has 104 valence electrons. The van der Waals surface area contributed by atoms with Crippen LogP contribution in [-0.2, 0) is 11.3 Å². The molecule has 0 atom stereocenters. The van der Waals surface area contributed by atoms with E-state index in [9.17, 15) is 9.59 Å². The van der Waals surface area contributed by atoms with Crippen molar-refractivity contribution in [3.8, 4) is 0 Å². The van der Waals surface area contributed by atoms with Gasteiger partial charge < -0.3 is 15.7 Å². The maximum absolute atomic E-state index is 11.0. The molecule has 0 unspecified atom stereocenters. The summed E-state index contributed by atoms with van der Waals surface area (Å²) >= 11 is 1.40. The second kappa shape index (κ2) is 6.21. The summed E-state index contributed by atoms with van der Waals surface area (Å²) in [5.41, 5.74) is 1.89. The van der Waals surface area contributed by atoms with Gasteiger partial charge in [-0.1, -0.05) is 6.07 Å². The smallest absolute Gasteiger partial charge is 0.336 e. The van der Waals surface area contributed by atoms with Gasteiger partial charge in [-0.25, -0.2) is 4.79 Å². The lowest BCUT2D eigenvalue weighted by Gasteiger charge is -2.07. The predicted octanol–water partition coefficient (Wildman–Crippen LogP) is 3.02. The van der Waals surface area contributed by atoms with Crippen LogP contribution in [0.25, 0.3) is 0 Å². The van der Waals surface area contributed by atoms with Crippen molar-refractivity contribution in [3.63, 3.8) is 0 Å². The molecule has 0 aliphatic carbocycles. The van der Waals surface area contributed by atoms with E-state index in [-0.39, 0.29) is 5.91 Å². The number of benzene rings is 1. The Bertz CT molecular complexity index is 637. The third-order valence-corrected chi connectivity index (χ3v) is 3.49. The maximum atomic E-state index is 11.0. The van der Waals surface area contributed by atoms with Crippen LogP contribution in [0.15, 0.2) is 35.7 Å². The van der Waals surface area contributed by atoms with E-state index in [1.54, 1.807) is 17.5 Å². The molecule has 1 aromatic heterocycles. The van der Waals surface area contributed by atoms with Crippen molar-refractivity contribution in [2.24, 2.45) is 0 Å². The molecule has 6 heteroatoms. The van der Waals surface area contributed by atoms with Gasteiger partial charge in [0.2, 0.25) is 5.91 Å². The lowest BCUT2D eigenvalue weighted by molar-refractivity contribution is -0.114. The maximum Gasteiger partial charge on any atom is 0.336 e. The fourth-order valence-electron chi connectivity index (χ4n) is 1.68. The van der Waals surface area contributed by atoms with Crippen molar-refractivity contribution >= 4 is 34.6 Å². The first-order valence-electron chi connectivity index (χ1n) is 5.97. The number of carbonyl (C=O) groups is 2. The van der Waals surface area contributed by atoms with Crippen LogP contribution in [0, 0.1) is 0 Å². The molecule has 20 heavy (non-hydrogen) atoms. The summed E-state index contributed by atoms with van der Waals surface area (Å²) in [7, 11) is 0. The Kier molecular flexibility index (Phi) is 4.37. The first-order chi connectivity index (χ1) is 9.54. The van der Waals surface area contributed by atoms with Gasteiger partial charge in [0, 0.05) is 35.1 Å². The van der Waals surface area contributed by atoms with Gasteiger partial charge in [-0.3, -0.25) is 4.79 Å². The highest BCUT2D eigenvalue weighted by Gasteiger charge is 2.06. The molecule has 2 rings (SSSR count).